The van der Waals surface area contributed by atoms with Crippen LogP contribution in [0.15, 0.2) is 48.0 Å². The van der Waals surface area contributed by atoms with Crippen LogP contribution in [0, 0.1) is 0 Å². The fourth-order valence-corrected chi connectivity index (χ4v) is 2.70. The number of para-hydroxylation sites is 1. The molecular formula is C21H21NO6. The van der Waals surface area contributed by atoms with Crippen molar-refractivity contribution in [3.8, 4) is 17.2 Å². The molecule has 0 spiro atoms. The molecule has 2 aromatic rings. The van der Waals surface area contributed by atoms with Crippen LogP contribution < -0.4 is 19.5 Å². The van der Waals surface area contributed by atoms with Gasteiger partial charge in [0.2, 0.25) is 0 Å². The van der Waals surface area contributed by atoms with E-state index in [2.05, 4.69) is 5.32 Å². The van der Waals surface area contributed by atoms with E-state index >= 15 is 0 Å². The topological polar surface area (TPSA) is 83.1 Å². The van der Waals surface area contributed by atoms with E-state index < -0.39 is 11.9 Å². The lowest BCUT2D eigenvalue weighted by molar-refractivity contribution is -0.145. The molecule has 0 unspecified atom stereocenters. The smallest absolute Gasteiger partial charge is 0.338 e. The van der Waals surface area contributed by atoms with Gasteiger partial charge in [-0.2, -0.15) is 0 Å². The molecule has 7 heteroatoms. The second-order valence-corrected chi connectivity index (χ2v) is 6.04. The Balaban J connectivity index is 1.50. The Labute approximate surface area is 162 Å². The number of hydrogen-bond acceptors (Lipinski definition) is 6. The van der Waals surface area contributed by atoms with E-state index in [-0.39, 0.29) is 19.8 Å². The van der Waals surface area contributed by atoms with Gasteiger partial charge in [-0.05, 0) is 29.8 Å². The first kappa shape index (κ1) is 19.3. The molecule has 1 heterocycles. The van der Waals surface area contributed by atoms with Gasteiger partial charge in [0.15, 0.2) is 18.1 Å². The highest BCUT2D eigenvalue weighted by Gasteiger charge is 2.19. The Hall–Kier alpha value is -3.48. The van der Waals surface area contributed by atoms with Crippen molar-refractivity contribution in [1.29, 1.82) is 0 Å². The lowest BCUT2D eigenvalue weighted by atomic mass is 10.1. The largest absolute Gasteiger partial charge is 0.493 e. The van der Waals surface area contributed by atoms with Crippen molar-refractivity contribution in [3.05, 3.63) is 59.2 Å². The maximum atomic E-state index is 12.2. The highest BCUT2D eigenvalue weighted by atomic mass is 16.5. The van der Waals surface area contributed by atoms with Gasteiger partial charge in [0.05, 0.1) is 19.8 Å². The molecule has 0 bridgehead atoms. The minimum absolute atomic E-state index is 0.114. The number of rotatable bonds is 7. The first-order valence-corrected chi connectivity index (χ1v) is 8.68. The lowest BCUT2D eigenvalue weighted by Crippen LogP contribution is -2.29. The van der Waals surface area contributed by atoms with Crippen molar-refractivity contribution in [3.63, 3.8) is 0 Å². The van der Waals surface area contributed by atoms with Crippen LogP contribution in [-0.2, 0) is 20.9 Å². The summed E-state index contributed by atoms with van der Waals surface area (Å²) < 4.78 is 21.0. The summed E-state index contributed by atoms with van der Waals surface area (Å²) in [5.74, 6) is 0.921. The van der Waals surface area contributed by atoms with Crippen molar-refractivity contribution in [1.82, 2.24) is 5.32 Å². The standard InChI is InChI=1S/C21H21NO6/c1-25-18-8-7-14(9-19(18)26-2)11-22-20(23)13-28-21(24)16-10-15-5-3-4-6-17(15)27-12-16/h3-10H,11-13H2,1-2H3,(H,22,23). The Morgan fingerprint density at radius 3 is 2.64 bits per heavy atom. The number of benzene rings is 2. The van der Waals surface area contributed by atoms with Crippen LogP contribution in [0.1, 0.15) is 11.1 Å². The van der Waals surface area contributed by atoms with Crippen molar-refractivity contribution in [2.75, 3.05) is 27.4 Å². The van der Waals surface area contributed by atoms with E-state index in [0.29, 0.717) is 22.8 Å². The molecule has 0 fully saturated rings. The zero-order valence-corrected chi connectivity index (χ0v) is 15.7. The maximum absolute atomic E-state index is 12.2. The minimum Gasteiger partial charge on any atom is -0.493 e. The fraction of sp³-hybridized carbons (Fsp3) is 0.238. The summed E-state index contributed by atoms with van der Waals surface area (Å²) in [6.07, 6.45) is 1.71. The number of fused-ring (bicyclic) bond motifs is 1. The summed E-state index contributed by atoms with van der Waals surface area (Å²) in [4.78, 5) is 24.1. The molecule has 1 aliphatic rings. The average Bonchev–Trinajstić information content (AvgIpc) is 2.75. The Morgan fingerprint density at radius 2 is 1.86 bits per heavy atom. The first-order chi connectivity index (χ1) is 13.6. The summed E-state index contributed by atoms with van der Waals surface area (Å²) >= 11 is 0. The monoisotopic (exact) mass is 383 g/mol. The minimum atomic E-state index is -0.573. The van der Waals surface area contributed by atoms with E-state index in [1.165, 1.54) is 0 Å². The molecule has 3 rings (SSSR count). The van der Waals surface area contributed by atoms with Crippen LogP contribution in [-0.4, -0.2) is 39.3 Å². The van der Waals surface area contributed by atoms with Crippen molar-refractivity contribution in [2.24, 2.45) is 0 Å². The van der Waals surface area contributed by atoms with Gasteiger partial charge in [0.1, 0.15) is 12.4 Å². The highest BCUT2D eigenvalue weighted by Crippen LogP contribution is 2.27. The molecule has 1 N–H and O–H groups in total. The van der Waals surface area contributed by atoms with E-state index in [9.17, 15) is 9.59 Å². The lowest BCUT2D eigenvalue weighted by Gasteiger charge is -2.16. The van der Waals surface area contributed by atoms with Crippen molar-refractivity contribution >= 4 is 18.0 Å². The van der Waals surface area contributed by atoms with Gasteiger partial charge in [-0.15, -0.1) is 0 Å². The summed E-state index contributed by atoms with van der Waals surface area (Å²) in [5, 5.41) is 2.70. The van der Waals surface area contributed by atoms with Gasteiger partial charge in [0.25, 0.3) is 5.91 Å². The molecule has 2 aromatic carbocycles. The van der Waals surface area contributed by atoms with Crippen LogP contribution in [0.3, 0.4) is 0 Å². The third-order valence-electron chi connectivity index (χ3n) is 4.17. The number of nitrogens with one attached hydrogen (secondary N) is 1. The molecule has 7 nitrogen and oxygen atoms in total. The number of methoxy groups -OCH3 is 2. The molecule has 0 aliphatic carbocycles. The van der Waals surface area contributed by atoms with Crippen LogP contribution in [0.25, 0.3) is 6.08 Å². The van der Waals surface area contributed by atoms with E-state index in [0.717, 1.165) is 11.1 Å². The summed E-state index contributed by atoms with van der Waals surface area (Å²) in [6.45, 7) is 0.0180. The normalized spacial score (nSPS) is 12.1. The highest BCUT2D eigenvalue weighted by molar-refractivity contribution is 5.96. The quantitative estimate of drug-likeness (QED) is 0.739. The van der Waals surface area contributed by atoms with Gasteiger partial charge >= 0.3 is 5.97 Å². The molecule has 146 valence electrons. The van der Waals surface area contributed by atoms with E-state index in [1.807, 2.05) is 30.3 Å². The molecule has 0 saturated heterocycles. The average molecular weight is 383 g/mol. The number of carbonyl (C=O) groups is 2. The van der Waals surface area contributed by atoms with Crippen LogP contribution in [0.2, 0.25) is 0 Å². The summed E-state index contributed by atoms with van der Waals surface area (Å²) in [6, 6.07) is 12.7. The van der Waals surface area contributed by atoms with Crippen molar-refractivity contribution in [2.45, 2.75) is 6.54 Å². The van der Waals surface area contributed by atoms with E-state index in [1.54, 1.807) is 32.4 Å². The molecular weight excluding hydrogens is 362 g/mol. The molecule has 0 aromatic heterocycles. The fourth-order valence-electron chi connectivity index (χ4n) is 2.70. The number of carbonyl (C=O) groups excluding carboxylic acids is 2. The number of ether oxygens (including phenoxy) is 4. The van der Waals surface area contributed by atoms with Gasteiger partial charge in [0, 0.05) is 12.1 Å². The maximum Gasteiger partial charge on any atom is 0.338 e. The molecule has 0 atom stereocenters. The third kappa shape index (κ3) is 4.62. The number of esters is 1. The molecule has 0 radical (unpaired) electrons. The SMILES string of the molecule is COc1ccc(CNC(=O)COC(=O)C2=Cc3ccccc3OC2)cc1OC. The van der Waals surface area contributed by atoms with Crippen LogP contribution in [0.5, 0.6) is 17.2 Å². The van der Waals surface area contributed by atoms with Gasteiger partial charge in [-0.25, -0.2) is 4.79 Å². The predicted molar refractivity (Wildman–Crippen MR) is 102 cm³/mol. The Bertz CT molecular complexity index is 906. The zero-order valence-electron chi connectivity index (χ0n) is 15.7. The zero-order chi connectivity index (χ0) is 19.9. The number of amides is 1. The van der Waals surface area contributed by atoms with Gasteiger partial charge < -0.3 is 24.3 Å². The summed E-state index contributed by atoms with van der Waals surface area (Å²) in [7, 11) is 3.10. The molecule has 28 heavy (non-hydrogen) atoms. The van der Waals surface area contributed by atoms with Crippen molar-refractivity contribution < 1.29 is 28.5 Å². The molecule has 1 aliphatic heterocycles. The Morgan fingerprint density at radius 1 is 1.07 bits per heavy atom. The van der Waals surface area contributed by atoms with Gasteiger partial charge in [-0.1, -0.05) is 24.3 Å². The van der Waals surface area contributed by atoms with Crippen LogP contribution in [0.4, 0.5) is 0 Å². The third-order valence-corrected chi connectivity index (χ3v) is 4.17. The second-order valence-electron chi connectivity index (χ2n) is 6.04. The van der Waals surface area contributed by atoms with Crippen LogP contribution >= 0.6 is 0 Å². The second kappa shape index (κ2) is 8.94. The number of hydrogen-bond donors (Lipinski definition) is 1. The summed E-state index contributed by atoms with van der Waals surface area (Å²) in [5.41, 5.74) is 2.00. The first-order valence-electron chi connectivity index (χ1n) is 8.68. The Kier molecular flexibility index (Phi) is 6.16. The molecule has 0 saturated carbocycles. The van der Waals surface area contributed by atoms with Gasteiger partial charge in [-0.3, -0.25) is 4.79 Å². The molecule has 1 amide bonds. The van der Waals surface area contributed by atoms with E-state index in [4.69, 9.17) is 18.9 Å². The predicted octanol–water partition coefficient (Wildman–Crippen LogP) is 2.34.